The van der Waals surface area contributed by atoms with E-state index in [-0.39, 0.29) is 11.8 Å². The Hall–Kier alpha value is -6.43. The summed E-state index contributed by atoms with van der Waals surface area (Å²) in [5.74, 6) is 0.872. The van der Waals surface area contributed by atoms with E-state index < -0.39 is 11.6 Å². The van der Waals surface area contributed by atoms with Gasteiger partial charge in [-0.1, -0.05) is 164 Å². The normalized spacial score (nSPS) is 17.5. The van der Waals surface area contributed by atoms with Crippen LogP contribution in [0.15, 0.2) is 193 Å². The molecule has 1 heterocycles. The van der Waals surface area contributed by atoms with Gasteiger partial charge in [-0.2, -0.15) is 0 Å². The number of ether oxygens (including phenoxy) is 1. The summed E-state index contributed by atoms with van der Waals surface area (Å²) < 4.78 is 6.25. The first-order valence-corrected chi connectivity index (χ1v) is 18.6. The second-order valence-electron chi connectivity index (χ2n) is 14.1. The van der Waals surface area contributed by atoms with Gasteiger partial charge in [-0.25, -0.2) is 9.97 Å². The molecule has 0 fully saturated rings. The van der Waals surface area contributed by atoms with Gasteiger partial charge >= 0.3 is 0 Å². The smallest absolute Gasteiger partial charge is 0.210 e. The summed E-state index contributed by atoms with van der Waals surface area (Å²) in [6.45, 7) is 0. The number of nitrogens with zero attached hydrogens (tertiary/aromatic N) is 2. The standard InChI is InChI=1S/C49H40N4O/c50-46(35-27-25-34(26-28-35)45-32-44(33-15-5-1-6-16-33)52-48(53-45)36-17-7-2-8-18-36)54-47(51)37-29-30-41-40-23-13-14-24-42(40)49(43(41)31-37,38-19-9-3-10-20-38)39-21-11-4-12-22-39/h1-25,27-28,31-32,34,46,51H,26,29-30,50H2. The van der Waals surface area contributed by atoms with Crippen molar-refractivity contribution in [2.75, 3.05) is 0 Å². The molecule has 0 saturated heterocycles. The summed E-state index contributed by atoms with van der Waals surface area (Å²) in [6.07, 6.45) is 9.96. The van der Waals surface area contributed by atoms with E-state index in [0.717, 1.165) is 40.1 Å². The second-order valence-corrected chi connectivity index (χ2v) is 14.1. The molecule has 0 saturated carbocycles. The van der Waals surface area contributed by atoms with Crippen LogP contribution in [0.5, 0.6) is 0 Å². The molecule has 0 amide bonds. The molecule has 262 valence electrons. The van der Waals surface area contributed by atoms with Crippen LogP contribution in [0.3, 0.4) is 0 Å². The van der Waals surface area contributed by atoms with Gasteiger partial charge in [0.1, 0.15) is 0 Å². The van der Waals surface area contributed by atoms with E-state index in [9.17, 15) is 5.41 Å². The summed E-state index contributed by atoms with van der Waals surface area (Å²) in [7, 11) is 0. The number of hydrogen-bond acceptors (Lipinski definition) is 5. The van der Waals surface area contributed by atoms with Crippen LogP contribution in [0.4, 0.5) is 0 Å². The summed E-state index contributed by atoms with van der Waals surface area (Å²) in [5.41, 5.74) is 19.3. The van der Waals surface area contributed by atoms with E-state index in [2.05, 4.69) is 121 Å². The molecule has 0 aliphatic heterocycles. The van der Waals surface area contributed by atoms with Gasteiger partial charge in [0.15, 0.2) is 12.1 Å². The number of nitrogens with one attached hydrogen (secondary N) is 1. The Morgan fingerprint density at radius 2 is 1.33 bits per heavy atom. The van der Waals surface area contributed by atoms with Crippen molar-refractivity contribution >= 4 is 11.5 Å². The zero-order valence-corrected chi connectivity index (χ0v) is 29.9. The van der Waals surface area contributed by atoms with Gasteiger partial charge in [0, 0.05) is 28.2 Å². The van der Waals surface area contributed by atoms with Crippen LogP contribution < -0.4 is 5.73 Å². The van der Waals surface area contributed by atoms with Crippen molar-refractivity contribution in [3.05, 3.63) is 221 Å². The molecule has 2 atom stereocenters. The van der Waals surface area contributed by atoms with E-state index in [1.54, 1.807) is 0 Å². The SMILES string of the molecule is N=C(OC(N)C1=CCC(c2cc(-c3ccccc3)nc(-c3ccccc3)n2)C=C1)C1=CC2=C(CC1)c1ccccc1C2(c1ccccc1)c1ccccc1. The topological polar surface area (TPSA) is 84.9 Å². The molecule has 3 aliphatic carbocycles. The Bertz CT molecular complexity index is 2370. The number of fused-ring (bicyclic) bond motifs is 2. The fourth-order valence-electron chi connectivity index (χ4n) is 8.37. The third-order valence-corrected chi connectivity index (χ3v) is 11.0. The highest BCUT2D eigenvalue weighted by molar-refractivity contribution is 5.97. The predicted octanol–water partition coefficient (Wildman–Crippen LogP) is 10.6. The summed E-state index contributed by atoms with van der Waals surface area (Å²) in [5, 5.41) is 9.21. The molecule has 1 aromatic heterocycles. The van der Waals surface area contributed by atoms with E-state index in [4.69, 9.17) is 20.4 Å². The van der Waals surface area contributed by atoms with Crippen molar-refractivity contribution in [1.29, 1.82) is 5.41 Å². The maximum absolute atomic E-state index is 9.21. The summed E-state index contributed by atoms with van der Waals surface area (Å²) >= 11 is 0. The van der Waals surface area contributed by atoms with Crippen molar-refractivity contribution in [3.8, 4) is 22.6 Å². The van der Waals surface area contributed by atoms with Crippen LogP contribution in [0.2, 0.25) is 0 Å². The Morgan fingerprint density at radius 3 is 1.98 bits per heavy atom. The van der Waals surface area contributed by atoms with Crippen LogP contribution in [-0.2, 0) is 10.2 Å². The third kappa shape index (κ3) is 5.93. The van der Waals surface area contributed by atoms with Gasteiger partial charge in [0.05, 0.1) is 16.8 Å². The van der Waals surface area contributed by atoms with Gasteiger partial charge in [-0.15, -0.1) is 0 Å². The average Bonchev–Trinajstić information content (AvgIpc) is 3.55. The van der Waals surface area contributed by atoms with Crippen LogP contribution in [-0.4, -0.2) is 22.1 Å². The number of rotatable bonds is 8. The largest absolute Gasteiger partial charge is 0.455 e. The average molecular weight is 701 g/mol. The molecule has 6 aromatic rings. The quantitative estimate of drug-likeness (QED) is 0.0940. The molecule has 9 rings (SSSR count). The molecule has 0 radical (unpaired) electrons. The van der Waals surface area contributed by atoms with Gasteiger partial charge in [0.2, 0.25) is 5.90 Å². The Balaban J connectivity index is 0.984. The first kappa shape index (κ1) is 33.4. The lowest BCUT2D eigenvalue weighted by molar-refractivity contribution is 0.232. The molecule has 0 bridgehead atoms. The van der Waals surface area contributed by atoms with Crippen LogP contribution in [0.1, 0.15) is 53.1 Å². The van der Waals surface area contributed by atoms with E-state index in [1.807, 2.05) is 54.6 Å². The summed E-state index contributed by atoms with van der Waals surface area (Å²) in [4.78, 5) is 9.97. The minimum absolute atomic E-state index is 0.0489. The maximum atomic E-state index is 9.21. The number of allylic oxidation sites excluding steroid dienone is 5. The Morgan fingerprint density at radius 1 is 0.722 bits per heavy atom. The Labute approximate surface area is 316 Å². The van der Waals surface area contributed by atoms with Crippen molar-refractivity contribution in [2.45, 2.75) is 36.8 Å². The highest BCUT2D eigenvalue weighted by Crippen LogP contribution is 2.57. The molecule has 3 aliphatic rings. The van der Waals surface area contributed by atoms with Crippen molar-refractivity contribution in [1.82, 2.24) is 9.97 Å². The lowest BCUT2D eigenvalue weighted by Crippen LogP contribution is -2.32. The second kappa shape index (κ2) is 14.2. The number of benzene rings is 5. The number of aromatic nitrogens is 2. The van der Waals surface area contributed by atoms with Crippen molar-refractivity contribution in [3.63, 3.8) is 0 Å². The minimum atomic E-state index is -0.773. The molecule has 2 unspecified atom stereocenters. The van der Waals surface area contributed by atoms with Gasteiger partial charge < -0.3 is 4.74 Å². The Kier molecular flexibility index (Phi) is 8.78. The fourth-order valence-corrected chi connectivity index (χ4v) is 8.37. The zero-order chi connectivity index (χ0) is 36.5. The van der Waals surface area contributed by atoms with E-state index in [1.165, 1.54) is 33.4 Å². The van der Waals surface area contributed by atoms with Crippen molar-refractivity contribution in [2.24, 2.45) is 5.73 Å². The van der Waals surface area contributed by atoms with Gasteiger partial charge in [0.25, 0.3) is 0 Å². The van der Waals surface area contributed by atoms with Crippen molar-refractivity contribution < 1.29 is 4.74 Å². The molecule has 5 heteroatoms. The first-order valence-electron chi connectivity index (χ1n) is 18.6. The molecule has 5 aromatic carbocycles. The maximum Gasteiger partial charge on any atom is 0.210 e. The number of hydrogen-bond donors (Lipinski definition) is 2. The highest BCUT2D eigenvalue weighted by Gasteiger charge is 2.47. The van der Waals surface area contributed by atoms with E-state index in [0.29, 0.717) is 18.7 Å². The number of nitrogens with two attached hydrogens (primary N) is 1. The first-order chi connectivity index (χ1) is 26.6. The lowest BCUT2D eigenvalue weighted by Gasteiger charge is -2.36. The van der Waals surface area contributed by atoms with Crippen LogP contribution >= 0.6 is 0 Å². The molecule has 54 heavy (non-hydrogen) atoms. The van der Waals surface area contributed by atoms with E-state index >= 15 is 0 Å². The molecular weight excluding hydrogens is 661 g/mol. The third-order valence-electron chi connectivity index (χ3n) is 11.0. The van der Waals surface area contributed by atoms with Crippen LogP contribution in [0, 0.1) is 5.41 Å². The molecule has 0 spiro atoms. The van der Waals surface area contributed by atoms with Gasteiger partial charge in [-0.05, 0) is 64.8 Å². The lowest BCUT2D eigenvalue weighted by atomic mass is 9.66. The fraction of sp³-hybridized carbons (Fsp3) is 0.122. The predicted molar refractivity (Wildman–Crippen MR) is 218 cm³/mol. The van der Waals surface area contributed by atoms with Gasteiger partial charge in [-0.3, -0.25) is 11.1 Å². The minimum Gasteiger partial charge on any atom is -0.455 e. The molecular formula is C49H40N4O. The zero-order valence-electron chi connectivity index (χ0n) is 29.9. The molecule has 3 N–H and O–H groups in total. The monoisotopic (exact) mass is 700 g/mol. The highest BCUT2D eigenvalue weighted by atomic mass is 16.5. The summed E-state index contributed by atoms with van der Waals surface area (Å²) in [6, 6.07) is 52.7. The molecule has 5 nitrogen and oxygen atoms in total. The van der Waals surface area contributed by atoms with Crippen LogP contribution in [0.25, 0.3) is 28.2 Å².